The summed E-state index contributed by atoms with van der Waals surface area (Å²) in [5.74, 6) is -5.06. The Bertz CT molecular complexity index is 1350. The van der Waals surface area contributed by atoms with Gasteiger partial charge in [0.15, 0.2) is 0 Å². The lowest BCUT2D eigenvalue weighted by Crippen LogP contribution is -2.74. The van der Waals surface area contributed by atoms with E-state index in [1.807, 2.05) is 69.2 Å². The van der Waals surface area contributed by atoms with Crippen LogP contribution in [0.15, 0.2) is 0 Å². The van der Waals surface area contributed by atoms with Gasteiger partial charge in [-0.1, -0.05) is 41.5 Å². The summed E-state index contributed by atoms with van der Waals surface area (Å²) in [4.78, 5) is 82.3. The van der Waals surface area contributed by atoms with Crippen molar-refractivity contribution in [2.75, 3.05) is 13.1 Å². The standard InChI is InChI=1S/C36H60N6O8/c1-11-30(7)20-35(22(5)32(9,13-3)39-30)25(45)41(28(49)37-35)17-15-34(27(47)48,19-24(43)44)16-18-42-26(46)36(38-29(42)50)21-31(8,12-2)40-33(10,14-4)23(36)6/h22-23,39-40H,11-21H2,1-10H3,(H,37,49)(H,38,50)(H,43,44)(H,47,48)/p-2. The molecule has 14 nitrogen and oxygen atoms in total. The van der Waals surface area contributed by atoms with Gasteiger partial charge in [-0.2, -0.15) is 0 Å². The molecule has 4 heterocycles. The molecule has 0 radical (unpaired) electrons. The smallest absolute Gasteiger partial charge is 0.325 e. The van der Waals surface area contributed by atoms with Gasteiger partial charge in [0.25, 0.3) is 11.8 Å². The molecular weight excluding hydrogens is 644 g/mol. The van der Waals surface area contributed by atoms with Crippen molar-refractivity contribution >= 4 is 35.8 Å². The summed E-state index contributed by atoms with van der Waals surface area (Å²) >= 11 is 0. The maximum atomic E-state index is 14.2. The Balaban J connectivity index is 1.61. The third kappa shape index (κ3) is 6.17. The van der Waals surface area contributed by atoms with Crippen molar-refractivity contribution in [1.29, 1.82) is 0 Å². The van der Waals surface area contributed by atoms with E-state index in [-0.39, 0.29) is 11.8 Å². The Morgan fingerprint density at radius 3 is 1.34 bits per heavy atom. The first-order valence-electron chi connectivity index (χ1n) is 18.3. The zero-order valence-electron chi connectivity index (χ0n) is 31.6. The highest BCUT2D eigenvalue weighted by molar-refractivity contribution is 6.08. The molecule has 4 N–H and O–H groups in total. The topological polar surface area (TPSA) is 203 Å². The first-order valence-corrected chi connectivity index (χ1v) is 18.3. The number of amides is 6. The first kappa shape index (κ1) is 39.5. The SMILES string of the molecule is CCC1(C)CC2(NC(=O)N(CCC(CCN3C(=O)NC4(CC(C)(CC)NC(C)(CC)C4C)C3=O)(CC(=O)[O-])C(=O)[O-])C2=O)C(C)C(C)(CC)N1. The van der Waals surface area contributed by atoms with Crippen molar-refractivity contribution < 1.29 is 39.0 Å². The third-order valence-electron chi connectivity index (χ3n) is 13.9. The van der Waals surface area contributed by atoms with Gasteiger partial charge < -0.3 is 41.1 Å². The summed E-state index contributed by atoms with van der Waals surface area (Å²) in [5, 5.41) is 38.2. The predicted octanol–water partition coefficient (Wildman–Crippen LogP) is 1.16. The summed E-state index contributed by atoms with van der Waals surface area (Å²) in [6.07, 6.45) is 1.43. The molecule has 4 fully saturated rings. The number of rotatable bonds is 13. The minimum absolute atomic E-state index is 0.315. The van der Waals surface area contributed by atoms with Crippen LogP contribution in [0.25, 0.3) is 0 Å². The molecule has 8 unspecified atom stereocenters. The van der Waals surface area contributed by atoms with Crippen LogP contribution >= 0.6 is 0 Å². The molecular formula is C36H58N6O8-2. The number of carbonyl (C=O) groups excluding carboxylic acids is 6. The number of hydrogen-bond donors (Lipinski definition) is 4. The minimum atomic E-state index is -2.16. The molecule has 14 heteroatoms. The van der Waals surface area contributed by atoms with Gasteiger partial charge in [-0.15, -0.1) is 0 Å². The normalized spacial score (nSPS) is 40.0. The average molecular weight is 703 g/mol. The summed E-state index contributed by atoms with van der Waals surface area (Å²) in [5.41, 5.74) is -6.62. The fourth-order valence-electron chi connectivity index (χ4n) is 9.55. The highest BCUT2D eigenvalue weighted by Crippen LogP contribution is 2.48. The number of carbonyl (C=O) groups is 6. The highest BCUT2D eigenvalue weighted by Gasteiger charge is 2.65. The van der Waals surface area contributed by atoms with Crippen molar-refractivity contribution in [3.8, 4) is 0 Å². The lowest BCUT2D eigenvalue weighted by Gasteiger charge is -2.56. The summed E-state index contributed by atoms with van der Waals surface area (Å²) in [6, 6.07) is -1.37. The summed E-state index contributed by atoms with van der Waals surface area (Å²) in [7, 11) is 0. The van der Waals surface area contributed by atoms with Gasteiger partial charge in [-0.25, -0.2) is 9.59 Å². The van der Waals surface area contributed by atoms with Crippen LogP contribution in [-0.4, -0.2) is 91.9 Å². The van der Waals surface area contributed by atoms with Crippen LogP contribution in [0.4, 0.5) is 9.59 Å². The van der Waals surface area contributed by atoms with Crippen molar-refractivity contribution in [2.24, 2.45) is 17.3 Å². The number of imide groups is 2. The molecule has 0 aliphatic carbocycles. The van der Waals surface area contributed by atoms with E-state index in [0.29, 0.717) is 38.5 Å². The highest BCUT2D eigenvalue weighted by atomic mass is 16.4. The first-order chi connectivity index (χ1) is 23.0. The number of piperidine rings is 2. The molecule has 8 atom stereocenters. The van der Waals surface area contributed by atoms with Gasteiger partial charge in [0.05, 0.1) is 0 Å². The maximum Gasteiger partial charge on any atom is 0.325 e. The van der Waals surface area contributed by atoms with E-state index in [4.69, 9.17) is 0 Å². The van der Waals surface area contributed by atoms with Gasteiger partial charge in [0, 0.05) is 64.4 Å². The summed E-state index contributed by atoms with van der Waals surface area (Å²) in [6.45, 7) is 19.1. The van der Waals surface area contributed by atoms with E-state index in [2.05, 4.69) is 21.3 Å². The molecule has 0 saturated carbocycles. The monoisotopic (exact) mass is 702 g/mol. The molecule has 282 valence electrons. The van der Waals surface area contributed by atoms with Crippen LogP contribution in [0.3, 0.4) is 0 Å². The Kier molecular flexibility index (Phi) is 10.3. The second-order valence-corrected chi connectivity index (χ2v) is 16.8. The molecule has 0 aromatic carbocycles. The van der Waals surface area contributed by atoms with Gasteiger partial charge in [-0.3, -0.25) is 19.4 Å². The van der Waals surface area contributed by atoms with Gasteiger partial charge in [0.2, 0.25) is 0 Å². The van der Waals surface area contributed by atoms with Gasteiger partial charge in [0.1, 0.15) is 11.1 Å². The molecule has 0 bridgehead atoms. The quantitative estimate of drug-likeness (QED) is 0.202. The van der Waals surface area contributed by atoms with Crippen LogP contribution in [0.2, 0.25) is 0 Å². The number of urea groups is 2. The number of carboxylic acids is 2. The Hall–Kier alpha value is -3.26. The molecule has 0 aromatic rings. The maximum absolute atomic E-state index is 14.2. The molecule has 0 aromatic heterocycles. The van der Waals surface area contributed by atoms with E-state index in [0.717, 1.165) is 9.80 Å². The largest absolute Gasteiger partial charge is 0.550 e. The number of hydrogen-bond acceptors (Lipinski definition) is 10. The fourth-order valence-corrected chi connectivity index (χ4v) is 9.55. The Labute approximate surface area is 296 Å². The van der Waals surface area contributed by atoms with E-state index in [1.165, 1.54) is 0 Å². The average Bonchev–Trinajstić information content (AvgIpc) is 3.42. The van der Waals surface area contributed by atoms with Crippen LogP contribution in [0.1, 0.15) is 127 Å². The Morgan fingerprint density at radius 2 is 1.06 bits per heavy atom. The molecule has 4 aliphatic rings. The Morgan fingerprint density at radius 1 is 0.700 bits per heavy atom. The van der Waals surface area contributed by atoms with Crippen molar-refractivity contribution in [3.05, 3.63) is 0 Å². The van der Waals surface area contributed by atoms with E-state index >= 15 is 0 Å². The molecule has 4 saturated heterocycles. The lowest BCUT2D eigenvalue weighted by atomic mass is 9.61. The number of aliphatic carboxylic acids is 2. The zero-order valence-corrected chi connectivity index (χ0v) is 31.6. The van der Waals surface area contributed by atoms with Crippen LogP contribution in [0, 0.1) is 17.3 Å². The predicted molar refractivity (Wildman–Crippen MR) is 181 cm³/mol. The molecule has 2 spiro atoms. The summed E-state index contributed by atoms with van der Waals surface area (Å²) < 4.78 is 0. The number of nitrogens with zero attached hydrogens (tertiary/aromatic N) is 2. The van der Waals surface area contributed by atoms with Crippen LogP contribution < -0.4 is 31.5 Å². The van der Waals surface area contributed by atoms with Gasteiger partial charge >= 0.3 is 12.1 Å². The molecule has 4 rings (SSSR count). The number of carboxylic acid groups (broad SMARTS) is 2. The van der Waals surface area contributed by atoms with Crippen molar-refractivity contribution in [3.63, 3.8) is 0 Å². The van der Waals surface area contributed by atoms with Crippen molar-refractivity contribution in [1.82, 2.24) is 31.1 Å². The van der Waals surface area contributed by atoms with Crippen molar-refractivity contribution in [2.45, 2.75) is 160 Å². The second kappa shape index (κ2) is 13.1. The van der Waals surface area contributed by atoms with Gasteiger partial charge in [-0.05, 0) is 85.5 Å². The molecule has 6 amide bonds. The third-order valence-corrected chi connectivity index (χ3v) is 13.9. The fraction of sp³-hybridized carbons (Fsp3) is 0.833. The molecule has 50 heavy (non-hydrogen) atoms. The number of nitrogens with one attached hydrogen (secondary N) is 4. The minimum Gasteiger partial charge on any atom is -0.550 e. The zero-order chi connectivity index (χ0) is 37.9. The van der Waals surface area contributed by atoms with E-state index in [9.17, 15) is 39.0 Å². The second-order valence-electron chi connectivity index (χ2n) is 16.8. The lowest BCUT2D eigenvalue weighted by molar-refractivity contribution is -0.329. The van der Waals surface area contributed by atoms with E-state index in [1.54, 1.807) is 0 Å². The van der Waals surface area contributed by atoms with Crippen LogP contribution in [0.5, 0.6) is 0 Å². The van der Waals surface area contributed by atoms with Crippen LogP contribution in [-0.2, 0) is 19.2 Å². The molecule has 4 aliphatic heterocycles. The van der Waals surface area contributed by atoms with E-state index < -0.39 is 107 Å².